The topological polar surface area (TPSA) is 75.6 Å². The van der Waals surface area contributed by atoms with Crippen LogP contribution in [-0.4, -0.2) is 53.9 Å². The zero-order valence-corrected chi connectivity index (χ0v) is 23.0. The number of amides is 1. The summed E-state index contributed by atoms with van der Waals surface area (Å²) in [6.07, 6.45) is 3.87. The number of carboxylic acids is 1. The van der Waals surface area contributed by atoms with Gasteiger partial charge in [-0.25, -0.2) is 4.79 Å². The summed E-state index contributed by atoms with van der Waals surface area (Å²) in [4.78, 5) is 25.1. The monoisotopic (exact) mass is 547 g/mol. The van der Waals surface area contributed by atoms with E-state index in [9.17, 15) is 14.7 Å². The fraction of sp³-hybridized carbons (Fsp3) is 0.212. The Labute approximate surface area is 252 Å². The average Bonchev–Trinajstić information content (AvgIpc) is 2.95. The Kier molecular flexibility index (Phi) is 12.0. The summed E-state index contributed by atoms with van der Waals surface area (Å²) in [6.45, 7) is 2.01. The molecule has 0 aliphatic rings. The van der Waals surface area contributed by atoms with Crippen LogP contribution in [0.15, 0.2) is 97.1 Å². The van der Waals surface area contributed by atoms with E-state index < -0.39 is 12.0 Å². The third-order valence-corrected chi connectivity index (χ3v) is 7.20. The van der Waals surface area contributed by atoms with Crippen LogP contribution >= 0.6 is 11.8 Å². The number of nitrogens with one attached hydrogen (secondary N) is 1. The molecule has 0 saturated heterocycles. The van der Waals surface area contributed by atoms with E-state index in [2.05, 4.69) is 23.5 Å². The molecular formula is C33H34LiNO4S. The third kappa shape index (κ3) is 8.53. The molecule has 0 radical (unpaired) electrons. The predicted molar refractivity (Wildman–Crippen MR) is 166 cm³/mol. The second-order valence-corrected chi connectivity index (χ2v) is 10.4. The normalized spacial score (nSPS) is 11.2. The van der Waals surface area contributed by atoms with Gasteiger partial charge in [0.05, 0.1) is 0 Å². The van der Waals surface area contributed by atoms with Crippen molar-refractivity contribution in [3.05, 3.63) is 119 Å². The maximum atomic E-state index is 13.3. The molecule has 202 valence electrons. The first-order chi connectivity index (χ1) is 18.9. The van der Waals surface area contributed by atoms with Crippen molar-refractivity contribution in [1.82, 2.24) is 5.32 Å². The van der Waals surface area contributed by atoms with Crippen molar-refractivity contribution in [2.75, 3.05) is 12.0 Å². The fourth-order valence-corrected chi connectivity index (χ4v) is 4.92. The first kappa shape index (κ1) is 31.1. The van der Waals surface area contributed by atoms with E-state index in [1.807, 2.05) is 92.0 Å². The Morgan fingerprint density at radius 2 is 1.50 bits per heavy atom. The molecule has 0 fully saturated rings. The number of aliphatic carboxylic acids is 1. The SMILES string of the molecule is CSCC[C@H](NC(=O)c1ccc(CCc2cccc(Oc3ccccc3)c2)cc1-c1ccccc1C)C(=O)O.[LiH]. The number of carbonyl (C=O) groups excluding carboxylic acids is 1. The van der Waals surface area contributed by atoms with E-state index in [1.165, 1.54) is 0 Å². The predicted octanol–water partition coefficient (Wildman–Crippen LogP) is 6.53. The van der Waals surface area contributed by atoms with Crippen LogP contribution in [0.2, 0.25) is 0 Å². The molecule has 0 spiro atoms. The Morgan fingerprint density at radius 3 is 2.20 bits per heavy atom. The molecular weight excluding hydrogens is 513 g/mol. The molecule has 4 aromatic rings. The van der Waals surface area contributed by atoms with Gasteiger partial charge < -0.3 is 15.2 Å². The fourth-order valence-electron chi connectivity index (χ4n) is 4.45. The molecule has 0 unspecified atom stereocenters. The van der Waals surface area contributed by atoms with Crippen molar-refractivity contribution in [1.29, 1.82) is 0 Å². The molecule has 0 aromatic heterocycles. The third-order valence-electron chi connectivity index (χ3n) is 6.56. The van der Waals surface area contributed by atoms with Gasteiger partial charge in [0.25, 0.3) is 5.91 Å². The molecule has 40 heavy (non-hydrogen) atoms. The zero-order chi connectivity index (χ0) is 27.6. The summed E-state index contributed by atoms with van der Waals surface area (Å²) < 4.78 is 5.99. The molecule has 0 saturated carbocycles. The number of carboxylic acid groups (broad SMARTS) is 1. The van der Waals surface area contributed by atoms with Gasteiger partial charge in [0.1, 0.15) is 17.5 Å². The van der Waals surface area contributed by atoms with Crippen molar-refractivity contribution < 1.29 is 19.4 Å². The van der Waals surface area contributed by atoms with Crippen LogP contribution in [0.1, 0.15) is 33.5 Å². The van der Waals surface area contributed by atoms with Crippen LogP contribution in [0.5, 0.6) is 11.5 Å². The summed E-state index contributed by atoms with van der Waals surface area (Å²) in [7, 11) is 0. The van der Waals surface area contributed by atoms with Gasteiger partial charge in [-0.05, 0) is 96.3 Å². The molecule has 5 nitrogen and oxygen atoms in total. The molecule has 0 bridgehead atoms. The molecule has 0 heterocycles. The maximum absolute atomic E-state index is 13.3. The average molecular weight is 548 g/mol. The summed E-state index contributed by atoms with van der Waals surface area (Å²) >= 11 is 1.56. The van der Waals surface area contributed by atoms with Gasteiger partial charge in [-0.2, -0.15) is 11.8 Å². The molecule has 2 N–H and O–H groups in total. The number of ether oxygens (including phenoxy) is 1. The van der Waals surface area contributed by atoms with Crippen LogP contribution in [0.3, 0.4) is 0 Å². The van der Waals surface area contributed by atoms with E-state index in [1.54, 1.807) is 11.8 Å². The molecule has 4 aromatic carbocycles. The van der Waals surface area contributed by atoms with E-state index in [4.69, 9.17) is 4.74 Å². The number of aryl methyl sites for hydroxylation is 3. The second kappa shape index (κ2) is 15.4. The van der Waals surface area contributed by atoms with Crippen LogP contribution in [-0.2, 0) is 17.6 Å². The minimum atomic E-state index is -1.02. The van der Waals surface area contributed by atoms with Crippen LogP contribution in [0, 0.1) is 6.92 Å². The van der Waals surface area contributed by atoms with E-state index >= 15 is 0 Å². The molecule has 1 atom stereocenters. The Hall–Kier alpha value is -3.43. The molecule has 0 aliphatic carbocycles. The van der Waals surface area contributed by atoms with Gasteiger partial charge in [-0.1, -0.05) is 66.7 Å². The number of benzene rings is 4. The van der Waals surface area contributed by atoms with E-state index in [0.717, 1.165) is 52.2 Å². The summed E-state index contributed by atoms with van der Waals surface area (Å²) in [5, 5.41) is 12.4. The summed E-state index contributed by atoms with van der Waals surface area (Å²) in [5.74, 6) is 0.841. The van der Waals surface area contributed by atoms with Crippen molar-refractivity contribution in [2.45, 2.75) is 32.2 Å². The van der Waals surface area contributed by atoms with Crippen molar-refractivity contribution in [2.24, 2.45) is 0 Å². The standard InChI is InChI=1S/C33H33NO4S.Li.H/c1-23-9-6-7-14-28(23)30-22-25(17-18-29(30)32(35)34-31(33(36)37)19-20-39-2)16-15-24-10-8-13-27(21-24)38-26-11-4-3-5-12-26;;/h3-14,17-18,21-22,31H,15-16,19-20H2,1-2H3,(H,34,35)(H,36,37);;/t31-;;/m0../s1. The van der Waals surface area contributed by atoms with Gasteiger partial charge in [-0.15, -0.1) is 0 Å². The van der Waals surface area contributed by atoms with Gasteiger partial charge in [0.15, 0.2) is 0 Å². The van der Waals surface area contributed by atoms with Gasteiger partial charge >= 0.3 is 24.8 Å². The van der Waals surface area contributed by atoms with Crippen LogP contribution in [0.25, 0.3) is 11.1 Å². The molecule has 1 amide bonds. The Morgan fingerprint density at radius 1 is 0.825 bits per heavy atom. The van der Waals surface area contributed by atoms with E-state index in [0.29, 0.717) is 17.7 Å². The number of hydrogen-bond acceptors (Lipinski definition) is 4. The second-order valence-electron chi connectivity index (χ2n) is 9.40. The van der Waals surface area contributed by atoms with Crippen LogP contribution in [0.4, 0.5) is 0 Å². The first-order valence-corrected chi connectivity index (χ1v) is 14.4. The minimum absolute atomic E-state index is 0. The number of rotatable bonds is 12. The Balaban J connectivity index is 0.00000441. The molecule has 7 heteroatoms. The molecule has 0 aliphatic heterocycles. The quantitative estimate of drug-likeness (QED) is 0.197. The summed E-state index contributed by atoms with van der Waals surface area (Å²) in [6, 6.07) is 30.6. The van der Waals surface area contributed by atoms with Crippen molar-refractivity contribution in [3.8, 4) is 22.6 Å². The molecule has 4 rings (SSSR count). The van der Waals surface area contributed by atoms with E-state index in [-0.39, 0.29) is 24.8 Å². The first-order valence-electron chi connectivity index (χ1n) is 13.0. The van der Waals surface area contributed by atoms with Gasteiger partial charge in [-0.3, -0.25) is 4.79 Å². The van der Waals surface area contributed by atoms with Crippen LogP contribution < -0.4 is 10.1 Å². The number of carbonyl (C=O) groups is 2. The zero-order valence-electron chi connectivity index (χ0n) is 22.2. The summed E-state index contributed by atoms with van der Waals surface area (Å²) in [5.41, 5.74) is 5.53. The number of hydrogen-bond donors (Lipinski definition) is 2. The van der Waals surface area contributed by atoms with Gasteiger partial charge in [0, 0.05) is 5.56 Å². The van der Waals surface area contributed by atoms with Crippen molar-refractivity contribution in [3.63, 3.8) is 0 Å². The number of para-hydroxylation sites is 1. The number of thioether (sulfide) groups is 1. The Bertz CT molecular complexity index is 1430. The van der Waals surface area contributed by atoms with Crippen molar-refractivity contribution >= 4 is 42.5 Å². The van der Waals surface area contributed by atoms with Gasteiger partial charge in [0.2, 0.25) is 0 Å².